The maximum absolute atomic E-state index is 10.2. The molecule has 0 aliphatic heterocycles. The van der Waals surface area contributed by atoms with E-state index in [0.29, 0.717) is 17.9 Å². The maximum Gasteiger partial charge on any atom is 0.235 e. The van der Waals surface area contributed by atoms with Crippen LogP contribution in [0.5, 0.6) is 5.88 Å². The summed E-state index contributed by atoms with van der Waals surface area (Å²) in [6, 6.07) is 0. The van der Waals surface area contributed by atoms with Crippen LogP contribution in [0.3, 0.4) is 0 Å². The summed E-state index contributed by atoms with van der Waals surface area (Å²) >= 11 is 0. The van der Waals surface area contributed by atoms with Gasteiger partial charge >= 0.3 is 0 Å². The van der Waals surface area contributed by atoms with Gasteiger partial charge in [0.1, 0.15) is 5.69 Å². The lowest BCUT2D eigenvalue weighted by molar-refractivity contribution is 0.111. The Bertz CT molecular complexity index is 242. The van der Waals surface area contributed by atoms with E-state index in [9.17, 15) is 4.79 Å². The van der Waals surface area contributed by atoms with Gasteiger partial charge < -0.3 is 4.74 Å². The fraction of sp³-hybridized carbons (Fsp3) is 0.333. The third-order valence-corrected chi connectivity index (χ3v) is 1.31. The van der Waals surface area contributed by atoms with Crippen LogP contribution in [0, 0.1) is 6.92 Å². The largest absolute Gasteiger partial charge is 0.480 e. The van der Waals surface area contributed by atoms with Gasteiger partial charge in [-0.05, 0) is 6.92 Å². The summed E-state index contributed by atoms with van der Waals surface area (Å²) in [5.41, 5.74) is 1.22. The van der Waals surface area contributed by atoms with Crippen LogP contribution in [0.2, 0.25) is 0 Å². The average Bonchev–Trinajstić information content (AvgIpc) is 2.30. The third kappa shape index (κ3) is 0.877. The molecule has 0 aliphatic carbocycles. The van der Waals surface area contributed by atoms with Crippen molar-refractivity contribution in [2.24, 2.45) is 0 Å². The number of nitrogens with zero attached hydrogens (tertiary/aromatic N) is 1. The molecule has 0 atom stereocenters. The Balaban J connectivity index is 3.08. The zero-order chi connectivity index (χ0) is 7.56. The summed E-state index contributed by atoms with van der Waals surface area (Å²) in [7, 11) is 1.51. The molecule has 0 spiro atoms. The Morgan fingerprint density at radius 1 is 1.70 bits per heavy atom. The molecule has 0 saturated heterocycles. The van der Waals surface area contributed by atoms with E-state index in [2.05, 4.69) is 10.2 Å². The molecule has 4 heteroatoms. The van der Waals surface area contributed by atoms with Crippen molar-refractivity contribution in [3.8, 4) is 5.88 Å². The van der Waals surface area contributed by atoms with Crippen LogP contribution in [-0.4, -0.2) is 23.6 Å². The summed E-state index contributed by atoms with van der Waals surface area (Å²) in [5.74, 6) is 0.474. The molecule has 1 rings (SSSR count). The number of ether oxygens (including phenoxy) is 1. The van der Waals surface area contributed by atoms with Gasteiger partial charge in [0.05, 0.1) is 7.11 Å². The minimum atomic E-state index is 0.469. The Morgan fingerprint density at radius 2 is 2.40 bits per heavy atom. The second-order valence-corrected chi connectivity index (χ2v) is 1.89. The van der Waals surface area contributed by atoms with E-state index >= 15 is 0 Å². The lowest BCUT2D eigenvalue weighted by atomic mass is 10.3. The molecule has 0 amide bonds. The van der Waals surface area contributed by atoms with Crippen molar-refractivity contribution in [2.75, 3.05) is 7.11 Å². The molecule has 1 N–H and O–H groups in total. The van der Waals surface area contributed by atoms with E-state index in [1.807, 2.05) is 0 Å². The Kier molecular flexibility index (Phi) is 1.71. The van der Waals surface area contributed by atoms with Crippen molar-refractivity contribution in [1.82, 2.24) is 10.2 Å². The summed E-state index contributed by atoms with van der Waals surface area (Å²) in [6.07, 6.45) is 0.713. The van der Waals surface area contributed by atoms with E-state index in [0.717, 1.165) is 5.56 Å². The van der Waals surface area contributed by atoms with Crippen LogP contribution in [0.1, 0.15) is 16.1 Å². The molecular weight excluding hydrogens is 132 g/mol. The average molecular weight is 140 g/mol. The summed E-state index contributed by atoms with van der Waals surface area (Å²) in [6.45, 7) is 1.77. The van der Waals surface area contributed by atoms with Crippen LogP contribution in [0.4, 0.5) is 0 Å². The molecule has 1 aromatic rings. The molecule has 0 aromatic carbocycles. The van der Waals surface area contributed by atoms with Gasteiger partial charge in [-0.1, -0.05) is 0 Å². The topological polar surface area (TPSA) is 55.0 Å². The van der Waals surface area contributed by atoms with Gasteiger partial charge in [0.25, 0.3) is 0 Å². The van der Waals surface area contributed by atoms with E-state index in [-0.39, 0.29) is 0 Å². The van der Waals surface area contributed by atoms with Crippen LogP contribution in [-0.2, 0) is 0 Å². The number of carbonyl (C=O) groups is 1. The van der Waals surface area contributed by atoms with Crippen LogP contribution < -0.4 is 4.74 Å². The number of aldehydes is 1. The fourth-order valence-electron chi connectivity index (χ4n) is 0.707. The molecule has 0 aliphatic rings. The number of carbonyl (C=O) groups excluding carboxylic acids is 1. The van der Waals surface area contributed by atoms with Gasteiger partial charge in [-0.3, -0.25) is 9.89 Å². The molecular formula is C6H8N2O2. The number of hydrogen-bond acceptors (Lipinski definition) is 3. The predicted molar refractivity (Wildman–Crippen MR) is 35.3 cm³/mol. The van der Waals surface area contributed by atoms with Gasteiger partial charge in [0, 0.05) is 5.56 Å². The normalized spacial score (nSPS) is 9.40. The first-order chi connectivity index (χ1) is 4.79. The van der Waals surface area contributed by atoms with Crippen molar-refractivity contribution in [3.05, 3.63) is 11.3 Å². The van der Waals surface area contributed by atoms with Crippen molar-refractivity contribution in [2.45, 2.75) is 6.92 Å². The van der Waals surface area contributed by atoms with Gasteiger partial charge in [-0.25, -0.2) is 0 Å². The molecule has 0 fully saturated rings. The summed E-state index contributed by atoms with van der Waals surface area (Å²) < 4.78 is 4.83. The standard InChI is InChI=1S/C6H8N2O2/c1-4-5(3-9)7-8-6(4)10-2/h3H,1-2H3,(H,7,8). The number of aromatic nitrogens is 2. The van der Waals surface area contributed by atoms with Crippen molar-refractivity contribution in [1.29, 1.82) is 0 Å². The highest BCUT2D eigenvalue weighted by atomic mass is 16.5. The lowest BCUT2D eigenvalue weighted by Gasteiger charge is -1.91. The smallest absolute Gasteiger partial charge is 0.235 e. The molecule has 1 aromatic heterocycles. The molecule has 0 bridgehead atoms. The number of methoxy groups -OCH3 is 1. The van der Waals surface area contributed by atoms with Crippen molar-refractivity contribution < 1.29 is 9.53 Å². The SMILES string of the molecule is COc1n[nH]c(C=O)c1C. The van der Waals surface area contributed by atoms with Crippen LogP contribution in [0.25, 0.3) is 0 Å². The Morgan fingerprint density at radius 3 is 2.70 bits per heavy atom. The van der Waals surface area contributed by atoms with Crippen molar-refractivity contribution >= 4 is 6.29 Å². The molecule has 54 valence electrons. The molecule has 0 saturated carbocycles. The number of rotatable bonds is 2. The second kappa shape index (κ2) is 2.51. The minimum Gasteiger partial charge on any atom is -0.480 e. The minimum absolute atomic E-state index is 0.469. The Labute approximate surface area is 58.2 Å². The second-order valence-electron chi connectivity index (χ2n) is 1.89. The highest BCUT2D eigenvalue weighted by Crippen LogP contribution is 2.14. The molecule has 10 heavy (non-hydrogen) atoms. The fourth-order valence-corrected chi connectivity index (χ4v) is 0.707. The van der Waals surface area contributed by atoms with E-state index < -0.39 is 0 Å². The predicted octanol–water partition coefficient (Wildman–Crippen LogP) is 0.539. The number of H-pyrrole nitrogens is 1. The number of nitrogens with one attached hydrogen (secondary N) is 1. The lowest BCUT2D eigenvalue weighted by Crippen LogP contribution is -1.85. The van der Waals surface area contributed by atoms with E-state index in [1.54, 1.807) is 6.92 Å². The third-order valence-electron chi connectivity index (χ3n) is 1.31. The first-order valence-corrected chi connectivity index (χ1v) is 2.83. The Hall–Kier alpha value is -1.32. The van der Waals surface area contributed by atoms with Crippen LogP contribution in [0.15, 0.2) is 0 Å². The molecule has 4 nitrogen and oxygen atoms in total. The molecule has 1 heterocycles. The first-order valence-electron chi connectivity index (χ1n) is 2.83. The highest BCUT2D eigenvalue weighted by Gasteiger charge is 2.06. The van der Waals surface area contributed by atoms with Gasteiger partial charge in [0.15, 0.2) is 6.29 Å². The highest BCUT2D eigenvalue weighted by molar-refractivity contribution is 5.74. The summed E-state index contributed by atoms with van der Waals surface area (Å²) in [4.78, 5) is 10.2. The number of aromatic amines is 1. The van der Waals surface area contributed by atoms with E-state index in [1.165, 1.54) is 7.11 Å². The van der Waals surface area contributed by atoms with Gasteiger partial charge in [-0.15, -0.1) is 5.10 Å². The van der Waals surface area contributed by atoms with Crippen LogP contribution >= 0.6 is 0 Å². The molecule has 0 radical (unpaired) electrons. The quantitative estimate of drug-likeness (QED) is 0.610. The maximum atomic E-state index is 10.2. The van der Waals surface area contributed by atoms with Gasteiger partial charge in [-0.2, -0.15) is 0 Å². The molecule has 0 unspecified atom stereocenters. The zero-order valence-electron chi connectivity index (χ0n) is 5.84. The zero-order valence-corrected chi connectivity index (χ0v) is 5.84. The monoisotopic (exact) mass is 140 g/mol. The number of hydrogen-bond donors (Lipinski definition) is 1. The van der Waals surface area contributed by atoms with Crippen molar-refractivity contribution in [3.63, 3.8) is 0 Å². The van der Waals surface area contributed by atoms with Gasteiger partial charge in [0.2, 0.25) is 5.88 Å². The van der Waals surface area contributed by atoms with E-state index in [4.69, 9.17) is 4.74 Å². The summed E-state index contributed by atoms with van der Waals surface area (Å²) in [5, 5.41) is 6.26. The first kappa shape index (κ1) is 6.80.